The van der Waals surface area contributed by atoms with Crippen LogP contribution in [0.2, 0.25) is 0 Å². The number of carbonyl (C=O) groups is 1. The van der Waals surface area contributed by atoms with Gasteiger partial charge in [0.05, 0.1) is 3.79 Å². The van der Waals surface area contributed by atoms with Crippen LogP contribution in [-0.2, 0) is 6.54 Å². The van der Waals surface area contributed by atoms with Gasteiger partial charge in [-0.05, 0) is 40.2 Å². The van der Waals surface area contributed by atoms with Crippen LogP contribution in [0.5, 0.6) is 0 Å². The van der Waals surface area contributed by atoms with Crippen LogP contribution in [0.4, 0.5) is 5.82 Å². The lowest BCUT2D eigenvalue weighted by atomic mass is 10.2. The van der Waals surface area contributed by atoms with Crippen LogP contribution in [0.1, 0.15) is 15.4 Å². The fourth-order valence-electron chi connectivity index (χ4n) is 2.51. The molecule has 0 radical (unpaired) electrons. The highest BCUT2D eigenvalue weighted by Gasteiger charge is 2.19. The summed E-state index contributed by atoms with van der Waals surface area (Å²) in [4.78, 5) is 21.1. The van der Waals surface area contributed by atoms with Crippen molar-refractivity contribution < 1.29 is 9.90 Å². The smallest absolute Gasteiger partial charge is 0.354 e. The van der Waals surface area contributed by atoms with Crippen molar-refractivity contribution in [2.24, 2.45) is 0 Å². The molecule has 0 atom stereocenters. The lowest BCUT2D eigenvalue weighted by Crippen LogP contribution is -2.46. The Labute approximate surface area is 141 Å². The molecule has 1 fully saturated rings. The molecular formula is C15H16BrN3O2S. The molecule has 0 spiro atoms. The zero-order valence-electron chi connectivity index (χ0n) is 11.9. The van der Waals surface area contributed by atoms with Gasteiger partial charge in [-0.1, -0.05) is 6.07 Å². The minimum absolute atomic E-state index is 0.100. The van der Waals surface area contributed by atoms with Crippen LogP contribution in [-0.4, -0.2) is 47.1 Å². The van der Waals surface area contributed by atoms with Crippen molar-refractivity contribution in [3.05, 3.63) is 44.7 Å². The van der Waals surface area contributed by atoms with Gasteiger partial charge in [0.1, 0.15) is 5.82 Å². The minimum atomic E-state index is -0.983. The highest BCUT2D eigenvalue weighted by molar-refractivity contribution is 9.11. The average molecular weight is 382 g/mol. The number of thiophene rings is 1. The molecule has 0 aliphatic carbocycles. The zero-order valence-corrected chi connectivity index (χ0v) is 14.3. The highest BCUT2D eigenvalue weighted by Crippen LogP contribution is 2.24. The van der Waals surface area contributed by atoms with E-state index in [1.165, 1.54) is 10.9 Å². The second-order valence-electron chi connectivity index (χ2n) is 5.16. The Kier molecular flexibility index (Phi) is 4.75. The van der Waals surface area contributed by atoms with Crippen molar-refractivity contribution in [1.82, 2.24) is 9.88 Å². The Balaban J connectivity index is 1.59. The van der Waals surface area contributed by atoms with E-state index in [1.807, 2.05) is 6.07 Å². The van der Waals surface area contributed by atoms with E-state index in [4.69, 9.17) is 5.11 Å². The number of carboxylic acid groups (broad SMARTS) is 1. The van der Waals surface area contributed by atoms with Crippen molar-refractivity contribution in [2.75, 3.05) is 31.1 Å². The Morgan fingerprint density at radius 3 is 2.64 bits per heavy atom. The van der Waals surface area contributed by atoms with Gasteiger partial charge in [-0.2, -0.15) is 0 Å². The first-order valence-electron chi connectivity index (χ1n) is 7.04. The Bertz CT molecular complexity index is 668. The molecule has 3 heterocycles. The van der Waals surface area contributed by atoms with Gasteiger partial charge >= 0.3 is 5.97 Å². The molecule has 7 heteroatoms. The van der Waals surface area contributed by atoms with Gasteiger partial charge < -0.3 is 10.0 Å². The molecule has 1 aliphatic heterocycles. The maximum Gasteiger partial charge on any atom is 0.354 e. The Morgan fingerprint density at radius 1 is 1.23 bits per heavy atom. The van der Waals surface area contributed by atoms with Crippen molar-refractivity contribution in [1.29, 1.82) is 0 Å². The largest absolute Gasteiger partial charge is 0.477 e. The lowest BCUT2D eigenvalue weighted by molar-refractivity contribution is 0.0690. The minimum Gasteiger partial charge on any atom is -0.477 e. The first-order chi connectivity index (χ1) is 10.6. The quantitative estimate of drug-likeness (QED) is 0.881. The zero-order chi connectivity index (χ0) is 15.5. The average Bonchev–Trinajstić information content (AvgIpc) is 2.93. The van der Waals surface area contributed by atoms with Crippen LogP contribution in [0.3, 0.4) is 0 Å². The molecule has 1 aliphatic rings. The Hall–Kier alpha value is -1.44. The fraction of sp³-hybridized carbons (Fsp3) is 0.333. The van der Waals surface area contributed by atoms with E-state index in [1.54, 1.807) is 17.4 Å². The van der Waals surface area contributed by atoms with Gasteiger partial charge in [-0.25, -0.2) is 9.78 Å². The summed E-state index contributed by atoms with van der Waals surface area (Å²) in [6.07, 6.45) is 0. The van der Waals surface area contributed by atoms with E-state index in [-0.39, 0.29) is 5.69 Å². The molecule has 2 aromatic heterocycles. The van der Waals surface area contributed by atoms with E-state index in [0.717, 1.165) is 42.3 Å². The standard InChI is InChI=1S/C15H16BrN3O2S/c16-13-5-4-11(22-13)10-18-6-8-19(9-7-18)14-3-1-2-12(17-14)15(20)21/h1-5H,6-10H2,(H,20,21). The third-order valence-corrected chi connectivity index (χ3v) is 5.27. The van der Waals surface area contributed by atoms with Crippen LogP contribution in [0.15, 0.2) is 34.1 Å². The number of piperazine rings is 1. The number of hydrogen-bond donors (Lipinski definition) is 1. The maximum absolute atomic E-state index is 11.0. The van der Waals surface area contributed by atoms with Gasteiger partial charge in [0.25, 0.3) is 0 Å². The van der Waals surface area contributed by atoms with E-state index < -0.39 is 5.97 Å². The highest BCUT2D eigenvalue weighted by atomic mass is 79.9. The van der Waals surface area contributed by atoms with Crippen molar-refractivity contribution in [3.8, 4) is 0 Å². The molecule has 0 aromatic carbocycles. The van der Waals surface area contributed by atoms with Crippen LogP contribution < -0.4 is 4.90 Å². The molecular weight excluding hydrogens is 366 g/mol. The predicted molar refractivity (Wildman–Crippen MR) is 90.7 cm³/mol. The number of pyridine rings is 1. The second kappa shape index (κ2) is 6.76. The molecule has 1 saturated heterocycles. The number of nitrogens with zero attached hydrogens (tertiary/aromatic N) is 3. The first kappa shape index (κ1) is 15.5. The van der Waals surface area contributed by atoms with E-state index in [9.17, 15) is 4.79 Å². The van der Waals surface area contributed by atoms with E-state index in [0.29, 0.717) is 0 Å². The molecule has 3 rings (SSSR count). The molecule has 0 unspecified atom stereocenters. The first-order valence-corrected chi connectivity index (χ1v) is 8.64. The van der Waals surface area contributed by atoms with Gasteiger partial charge in [-0.3, -0.25) is 4.90 Å². The number of rotatable bonds is 4. The van der Waals surface area contributed by atoms with Crippen LogP contribution >= 0.6 is 27.3 Å². The predicted octanol–water partition coefficient (Wildman–Crippen LogP) is 2.93. The fourth-order valence-corrected chi connectivity index (χ4v) is 4.04. The molecule has 1 N–H and O–H groups in total. The number of halogens is 1. The molecule has 0 bridgehead atoms. The summed E-state index contributed by atoms with van der Waals surface area (Å²) in [6, 6.07) is 9.38. The monoisotopic (exact) mass is 381 g/mol. The number of carboxylic acids is 1. The molecule has 5 nitrogen and oxygen atoms in total. The lowest BCUT2D eigenvalue weighted by Gasteiger charge is -2.35. The summed E-state index contributed by atoms with van der Waals surface area (Å²) in [6.45, 7) is 4.60. The van der Waals surface area contributed by atoms with Gasteiger partial charge in [0, 0.05) is 37.6 Å². The van der Waals surface area contributed by atoms with Crippen molar-refractivity contribution >= 4 is 39.1 Å². The maximum atomic E-state index is 11.0. The summed E-state index contributed by atoms with van der Waals surface area (Å²) in [7, 11) is 0. The van der Waals surface area contributed by atoms with E-state index in [2.05, 4.69) is 42.8 Å². The summed E-state index contributed by atoms with van der Waals surface area (Å²) in [5.41, 5.74) is 0.100. The molecule has 22 heavy (non-hydrogen) atoms. The third-order valence-electron chi connectivity index (χ3n) is 3.66. The second-order valence-corrected chi connectivity index (χ2v) is 7.70. The third kappa shape index (κ3) is 3.66. The Morgan fingerprint density at radius 2 is 2.00 bits per heavy atom. The molecule has 116 valence electrons. The summed E-state index contributed by atoms with van der Waals surface area (Å²) >= 11 is 5.26. The number of hydrogen-bond acceptors (Lipinski definition) is 5. The summed E-state index contributed by atoms with van der Waals surface area (Å²) in [5, 5.41) is 9.02. The van der Waals surface area contributed by atoms with Crippen LogP contribution in [0, 0.1) is 0 Å². The molecule has 0 amide bonds. The van der Waals surface area contributed by atoms with Crippen LogP contribution in [0.25, 0.3) is 0 Å². The SMILES string of the molecule is O=C(O)c1cccc(N2CCN(Cc3ccc(Br)s3)CC2)n1. The summed E-state index contributed by atoms with van der Waals surface area (Å²) < 4.78 is 1.16. The van der Waals surface area contributed by atoms with Crippen molar-refractivity contribution in [3.63, 3.8) is 0 Å². The number of anilines is 1. The summed E-state index contributed by atoms with van der Waals surface area (Å²) in [5.74, 6) is -0.234. The normalized spacial score (nSPS) is 16.0. The van der Waals surface area contributed by atoms with Gasteiger partial charge in [-0.15, -0.1) is 11.3 Å². The molecule has 2 aromatic rings. The van der Waals surface area contributed by atoms with E-state index >= 15 is 0 Å². The topological polar surface area (TPSA) is 56.7 Å². The van der Waals surface area contributed by atoms with Gasteiger partial charge in [0.15, 0.2) is 5.69 Å². The van der Waals surface area contributed by atoms with Gasteiger partial charge in [0.2, 0.25) is 0 Å². The molecule has 0 saturated carbocycles. The number of aromatic nitrogens is 1. The number of aromatic carboxylic acids is 1. The van der Waals surface area contributed by atoms with Crippen molar-refractivity contribution in [2.45, 2.75) is 6.54 Å².